The van der Waals surface area contributed by atoms with Gasteiger partial charge in [0.15, 0.2) is 0 Å². The maximum Gasteiger partial charge on any atom is 0.0515 e. The lowest BCUT2D eigenvalue weighted by Crippen LogP contribution is -2.33. The molecule has 1 aromatic carbocycles. The number of fused-ring (bicyclic) bond motifs is 3. The molecule has 1 aliphatic heterocycles. The van der Waals surface area contributed by atoms with Crippen LogP contribution in [0.1, 0.15) is 29.3 Å². The van der Waals surface area contributed by atoms with Gasteiger partial charge in [-0.25, -0.2) is 0 Å². The van der Waals surface area contributed by atoms with Crippen LogP contribution in [0.15, 0.2) is 12.1 Å². The Bertz CT molecular complexity index is 593. The first-order chi connectivity index (χ1) is 8.09. The fourth-order valence-corrected chi connectivity index (χ4v) is 3.18. The van der Waals surface area contributed by atoms with Crippen molar-refractivity contribution in [2.45, 2.75) is 39.8 Å². The van der Waals surface area contributed by atoms with E-state index in [1.54, 1.807) is 0 Å². The van der Waals surface area contributed by atoms with Crippen molar-refractivity contribution in [3.8, 4) is 0 Å². The van der Waals surface area contributed by atoms with Crippen molar-refractivity contribution in [2.24, 2.45) is 7.05 Å². The molecular weight excluding hydrogens is 208 g/mol. The lowest BCUT2D eigenvalue weighted by molar-refractivity contribution is 0.501. The van der Waals surface area contributed by atoms with Gasteiger partial charge in [-0.2, -0.15) is 0 Å². The van der Waals surface area contributed by atoms with Crippen LogP contribution in [0.4, 0.5) is 0 Å². The molecule has 2 heteroatoms. The van der Waals surface area contributed by atoms with Gasteiger partial charge in [0.25, 0.3) is 0 Å². The lowest BCUT2D eigenvalue weighted by Gasteiger charge is -2.21. The van der Waals surface area contributed by atoms with Gasteiger partial charge in [0.2, 0.25) is 0 Å². The molecular formula is C15H20N2. The predicted octanol–water partition coefficient (Wildman–Crippen LogP) is 2.83. The number of nitrogens with zero attached hydrogens (tertiary/aromatic N) is 1. The third-order valence-corrected chi connectivity index (χ3v) is 4.11. The summed E-state index contributed by atoms with van der Waals surface area (Å²) >= 11 is 0. The molecule has 0 spiro atoms. The summed E-state index contributed by atoms with van der Waals surface area (Å²) in [5, 5.41) is 5.05. The molecule has 1 aromatic heterocycles. The molecule has 2 nitrogen and oxygen atoms in total. The molecule has 0 bridgehead atoms. The molecule has 0 amide bonds. The molecule has 0 radical (unpaired) electrons. The average molecular weight is 228 g/mol. The van der Waals surface area contributed by atoms with Gasteiger partial charge >= 0.3 is 0 Å². The van der Waals surface area contributed by atoms with Crippen LogP contribution in [0.2, 0.25) is 0 Å². The van der Waals surface area contributed by atoms with E-state index in [-0.39, 0.29) is 0 Å². The van der Waals surface area contributed by atoms with E-state index in [2.05, 4.69) is 49.8 Å². The molecule has 2 aromatic rings. The fraction of sp³-hybridized carbons (Fsp3) is 0.467. The first-order valence-corrected chi connectivity index (χ1v) is 6.39. The minimum absolute atomic E-state index is 0.589. The van der Waals surface area contributed by atoms with Crippen molar-refractivity contribution in [1.29, 1.82) is 0 Å². The molecule has 1 atom stereocenters. The smallest absolute Gasteiger partial charge is 0.0515 e. The zero-order valence-electron chi connectivity index (χ0n) is 11.1. The second kappa shape index (κ2) is 3.61. The normalized spacial score (nSPS) is 19.6. The van der Waals surface area contributed by atoms with Gasteiger partial charge < -0.3 is 9.88 Å². The maximum atomic E-state index is 3.58. The van der Waals surface area contributed by atoms with Crippen molar-refractivity contribution >= 4 is 10.9 Å². The summed E-state index contributed by atoms with van der Waals surface area (Å²) in [6.45, 7) is 7.71. The fourth-order valence-electron chi connectivity index (χ4n) is 3.18. The molecule has 90 valence electrons. The van der Waals surface area contributed by atoms with Gasteiger partial charge in [-0.1, -0.05) is 12.1 Å². The third-order valence-electron chi connectivity index (χ3n) is 4.11. The van der Waals surface area contributed by atoms with E-state index in [1.807, 2.05) is 0 Å². The van der Waals surface area contributed by atoms with Gasteiger partial charge in [0, 0.05) is 37.1 Å². The van der Waals surface area contributed by atoms with Gasteiger partial charge in [0.05, 0.1) is 5.52 Å². The molecule has 2 heterocycles. The third kappa shape index (κ3) is 1.44. The van der Waals surface area contributed by atoms with Crippen LogP contribution in [0, 0.1) is 13.8 Å². The van der Waals surface area contributed by atoms with E-state index in [0.29, 0.717) is 6.04 Å². The monoisotopic (exact) mass is 228 g/mol. The van der Waals surface area contributed by atoms with E-state index in [1.165, 1.54) is 33.3 Å². The van der Waals surface area contributed by atoms with Crippen LogP contribution in [0.25, 0.3) is 10.9 Å². The molecule has 3 rings (SSSR count). The second-order valence-electron chi connectivity index (χ2n) is 5.39. The highest BCUT2D eigenvalue weighted by Crippen LogP contribution is 2.32. The number of hydrogen-bond acceptors (Lipinski definition) is 1. The lowest BCUT2D eigenvalue weighted by atomic mass is 9.98. The standard InChI is InChI=1S/C15H20N2/c1-9-5-6-10(2)15-14(9)12-8-16-11(3)7-13(12)17(15)4/h5-6,11,16H,7-8H2,1-4H3. The van der Waals surface area contributed by atoms with Crippen molar-refractivity contribution in [2.75, 3.05) is 0 Å². The molecule has 0 fully saturated rings. The number of aryl methyl sites for hydroxylation is 3. The largest absolute Gasteiger partial charge is 0.347 e. The minimum Gasteiger partial charge on any atom is -0.347 e. The highest BCUT2D eigenvalue weighted by Gasteiger charge is 2.23. The van der Waals surface area contributed by atoms with E-state index in [4.69, 9.17) is 0 Å². The van der Waals surface area contributed by atoms with E-state index in [9.17, 15) is 0 Å². The van der Waals surface area contributed by atoms with Crippen LogP contribution < -0.4 is 5.32 Å². The summed E-state index contributed by atoms with van der Waals surface area (Å²) in [5.41, 5.74) is 7.24. The maximum absolute atomic E-state index is 3.58. The molecule has 17 heavy (non-hydrogen) atoms. The van der Waals surface area contributed by atoms with Crippen molar-refractivity contribution in [1.82, 2.24) is 9.88 Å². The number of nitrogens with one attached hydrogen (secondary N) is 1. The Morgan fingerprint density at radius 2 is 1.94 bits per heavy atom. The zero-order chi connectivity index (χ0) is 12.2. The van der Waals surface area contributed by atoms with Crippen molar-refractivity contribution in [3.63, 3.8) is 0 Å². The topological polar surface area (TPSA) is 17.0 Å². The summed E-state index contributed by atoms with van der Waals surface area (Å²) in [5.74, 6) is 0. The van der Waals surface area contributed by atoms with Gasteiger partial charge in [-0.05, 0) is 37.5 Å². The van der Waals surface area contributed by atoms with E-state index in [0.717, 1.165) is 13.0 Å². The van der Waals surface area contributed by atoms with Crippen LogP contribution in [0.3, 0.4) is 0 Å². The molecule has 1 unspecified atom stereocenters. The Morgan fingerprint density at radius 1 is 1.24 bits per heavy atom. The van der Waals surface area contributed by atoms with Gasteiger partial charge in [-0.15, -0.1) is 0 Å². The Labute approximate surface area is 103 Å². The number of aromatic nitrogens is 1. The summed E-state index contributed by atoms with van der Waals surface area (Å²) in [6, 6.07) is 5.07. The van der Waals surface area contributed by atoms with Crippen LogP contribution >= 0.6 is 0 Å². The van der Waals surface area contributed by atoms with Gasteiger partial charge in [-0.3, -0.25) is 0 Å². The molecule has 1 aliphatic rings. The Hall–Kier alpha value is -1.28. The van der Waals surface area contributed by atoms with E-state index < -0.39 is 0 Å². The predicted molar refractivity (Wildman–Crippen MR) is 72.4 cm³/mol. The highest BCUT2D eigenvalue weighted by atomic mass is 15.0. The van der Waals surface area contributed by atoms with Crippen LogP contribution in [0.5, 0.6) is 0 Å². The van der Waals surface area contributed by atoms with E-state index >= 15 is 0 Å². The molecule has 0 aliphatic carbocycles. The number of rotatable bonds is 0. The first kappa shape index (κ1) is 10.8. The quantitative estimate of drug-likeness (QED) is 0.733. The molecule has 0 saturated heterocycles. The summed E-state index contributed by atoms with van der Waals surface area (Å²) in [6.07, 6.45) is 1.14. The highest BCUT2D eigenvalue weighted by molar-refractivity contribution is 5.91. The Morgan fingerprint density at radius 3 is 2.71 bits per heavy atom. The van der Waals surface area contributed by atoms with Crippen molar-refractivity contribution < 1.29 is 0 Å². The average Bonchev–Trinajstić information content (AvgIpc) is 2.59. The second-order valence-corrected chi connectivity index (χ2v) is 5.39. The van der Waals surface area contributed by atoms with Gasteiger partial charge in [0.1, 0.15) is 0 Å². The zero-order valence-corrected chi connectivity index (χ0v) is 11.1. The number of benzene rings is 1. The Kier molecular flexibility index (Phi) is 2.30. The summed E-state index contributed by atoms with van der Waals surface area (Å²) in [7, 11) is 2.21. The first-order valence-electron chi connectivity index (χ1n) is 6.39. The van der Waals surface area contributed by atoms with Crippen molar-refractivity contribution in [3.05, 3.63) is 34.5 Å². The molecule has 0 saturated carbocycles. The number of hydrogen-bond donors (Lipinski definition) is 1. The SMILES string of the molecule is Cc1ccc(C)c2c1c1c(n2C)CC(C)NC1. The molecule has 1 N–H and O–H groups in total. The Balaban J connectivity index is 2.41. The summed E-state index contributed by atoms with van der Waals surface area (Å²) < 4.78 is 2.41. The van der Waals surface area contributed by atoms with Crippen LogP contribution in [-0.2, 0) is 20.0 Å². The minimum atomic E-state index is 0.589. The van der Waals surface area contributed by atoms with Crippen LogP contribution in [-0.4, -0.2) is 10.6 Å². The summed E-state index contributed by atoms with van der Waals surface area (Å²) in [4.78, 5) is 0.